The largest absolute Gasteiger partial charge is 0.495 e. The van der Waals surface area contributed by atoms with Gasteiger partial charge in [-0.2, -0.15) is 4.31 Å². The van der Waals surface area contributed by atoms with Crippen LogP contribution in [0, 0.1) is 6.92 Å². The van der Waals surface area contributed by atoms with Crippen LogP contribution in [0.2, 0.25) is 0 Å². The van der Waals surface area contributed by atoms with Crippen molar-refractivity contribution >= 4 is 27.3 Å². The molecule has 0 fully saturated rings. The first kappa shape index (κ1) is 21.7. The quantitative estimate of drug-likeness (QED) is 0.669. The summed E-state index contributed by atoms with van der Waals surface area (Å²) < 4.78 is 31.9. The number of sulfonamides is 1. The van der Waals surface area contributed by atoms with Gasteiger partial charge in [0.25, 0.3) is 0 Å². The van der Waals surface area contributed by atoms with E-state index < -0.39 is 10.0 Å². The van der Waals surface area contributed by atoms with Gasteiger partial charge in [0.15, 0.2) is 0 Å². The summed E-state index contributed by atoms with van der Waals surface area (Å²) >= 11 is 0. The van der Waals surface area contributed by atoms with Gasteiger partial charge in [-0.25, -0.2) is 8.42 Å². The number of nitrogens with one attached hydrogen (secondary N) is 2. The number of amides is 1. The molecule has 0 aliphatic rings. The third kappa shape index (κ3) is 5.24. The highest BCUT2D eigenvalue weighted by Crippen LogP contribution is 2.25. The predicted molar refractivity (Wildman–Crippen MR) is 111 cm³/mol. The lowest BCUT2D eigenvalue weighted by Crippen LogP contribution is -2.30. The smallest absolute Gasteiger partial charge is 0.243 e. The van der Waals surface area contributed by atoms with Crippen LogP contribution < -0.4 is 15.4 Å². The lowest BCUT2D eigenvalue weighted by molar-refractivity contribution is -0.114. The van der Waals surface area contributed by atoms with Crippen molar-refractivity contribution in [2.45, 2.75) is 25.7 Å². The van der Waals surface area contributed by atoms with Gasteiger partial charge in [0.05, 0.1) is 24.2 Å². The molecule has 0 aliphatic carbocycles. The second kappa shape index (κ2) is 9.57. The number of carbonyl (C=O) groups is 1. The number of ether oxygens (including phenoxy) is 1. The summed E-state index contributed by atoms with van der Waals surface area (Å²) in [6.07, 6.45) is 0. The van der Waals surface area contributed by atoms with E-state index in [-0.39, 0.29) is 17.3 Å². The Kier molecular flexibility index (Phi) is 7.42. The molecule has 8 heteroatoms. The Morgan fingerprint density at radius 2 is 1.82 bits per heavy atom. The fourth-order valence-electron chi connectivity index (χ4n) is 2.78. The van der Waals surface area contributed by atoms with Crippen LogP contribution in [0.5, 0.6) is 5.75 Å². The van der Waals surface area contributed by atoms with Crippen LogP contribution in [0.15, 0.2) is 47.4 Å². The summed E-state index contributed by atoms with van der Waals surface area (Å²) in [6, 6.07) is 12.0. The second-order valence-corrected chi connectivity index (χ2v) is 8.16. The zero-order valence-corrected chi connectivity index (χ0v) is 17.5. The maximum absolute atomic E-state index is 12.6. The first-order chi connectivity index (χ1) is 13.3. The first-order valence-electron chi connectivity index (χ1n) is 9.10. The molecule has 0 saturated carbocycles. The van der Waals surface area contributed by atoms with Crippen LogP contribution in [0.1, 0.15) is 19.4 Å². The van der Waals surface area contributed by atoms with Crippen LogP contribution in [-0.4, -0.2) is 45.4 Å². The number of rotatable bonds is 9. The summed E-state index contributed by atoms with van der Waals surface area (Å²) in [5.74, 6) is 0.312. The molecule has 0 radical (unpaired) electrons. The summed E-state index contributed by atoms with van der Waals surface area (Å²) in [4.78, 5) is 12.5. The number of hydrogen-bond acceptors (Lipinski definition) is 5. The number of hydrogen-bond donors (Lipinski definition) is 2. The van der Waals surface area contributed by atoms with Gasteiger partial charge in [0, 0.05) is 18.8 Å². The topological polar surface area (TPSA) is 87.7 Å². The van der Waals surface area contributed by atoms with Gasteiger partial charge in [-0.3, -0.25) is 4.79 Å². The zero-order valence-electron chi connectivity index (χ0n) is 16.7. The molecule has 0 spiro atoms. The molecule has 2 N–H and O–H groups in total. The molecule has 2 rings (SSSR count). The van der Waals surface area contributed by atoms with E-state index >= 15 is 0 Å². The van der Waals surface area contributed by atoms with Crippen molar-refractivity contribution in [1.82, 2.24) is 4.31 Å². The standard InChI is InChI=1S/C20H27N3O4S/c1-5-23(6-2)28(25,26)17-9-7-8-16(13-17)21-14-20(24)22-18-12-15(3)10-11-19(18)27-4/h7-13,21H,5-6,14H2,1-4H3,(H,22,24). The maximum Gasteiger partial charge on any atom is 0.243 e. The van der Waals surface area contributed by atoms with Gasteiger partial charge >= 0.3 is 0 Å². The molecule has 0 aromatic heterocycles. The minimum Gasteiger partial charge on any atom is -0.495 e. The van der Waals surface area contributed by atoms with Crippen LogP contribution in [0.25, 0.3) is 0 Å². The number of nitrogens with zero attached hydrogens (tertiary/aromatic N) is 1. The highest BCUT2D eigenvalue weighted by molar-refractivity contribution is 7.89. The Morgan fingerprint density at radius 3 is 2.46 bits per heavy atom. The Morgan fingerprint density at radius 1 is 1.11 bits per heavy atom. The van der Waals surface area contributed by atoms with E-state index in [4.69, 9.17) is 4.74 Å². The molecule has 0 heterocycles. The molecule has 28 heavy (non-hydrogen) atoms. The van der Waals surface area contributed by atoms with E-state index in [9.17, 15) is 13.2 Å². The predicted octanol–water partition coefficient (Wildman–Crippen LogP) is 3.08. The van der Waals surface area contributed by atoms with Crippen molar-refractivity contribution in [2.75, 3.05) is 37.4 Å². The van der Waals surface area contributed by atoms with Crippen molar-refractivity contribution in [3.63, 3.8) is 0 Å². The molecule has 2 aromatic carbocycles. The lowest BCUT2D eigenvalue weighted by Gasteiger charge is -2.19. The molecule has 152 valence electrons. The molecule has 2 aromatic rings. The van der Waals surface area contributed by atoms with E-state index in [0.29, 0.717) is 30.2 Å². The van der Waals surface area contributed by atoms with E-state index in [1.807, 2.05) is 19.1 Å². The van der Waals surface area contributed by atoms with E-state index in [2.05, 4.69) is 10.6 Å². The third-order valence-corrected chi connectivity index (χ3v) is 6.31. The van der Waals surface area contributed by atoms with Gasteiger partial charge in [0.1, 0.15) is 5.75 Å². The van der Waals surface area contributed by atoms with Crippen molar-refractivity contribution in [3.8, 4) is 5.75 Å². The zero-order chi connectivity index (χ0) is 20.7. The normalized spacial score (nSPS) is 11.3. The first-order valence-corrected chi connectivity index (χ1v) is 10.5. The molecule has 7 nitrogen and oxygen atoms in total. The fourth-order valence-corrected chi connectivity index (χ4v) is 4.28. The van der Waals surface area contributed by atoms with E-state index in [1.165, 1.54) is 10.4 Å². The third-order valence-electron chi connectivity index (χ3n) is 4.26. The maximum atomic E-state index is 12.6. The summed E-state index contributed by atoms with van der Waals surface area (Å²) in [7, 11) is -2.01. The second-order valence-electron chi connectivity index (χ2n) is 6.22. The molecular weight excluding hydrogens is 378 g/mol. The molecule has 1 amide bonds. The number of methoxy groups -OCH3 is 1. The Bertz CT molecular complexity index is 925. The van der Waals surface area contributed by atoms with Crippen LogP contribution in [0.4, 0.5) is 11.4 Å². The van der Waals surface area contributed by atoms with Gasteiger partial charge in [0.2, 0.25) is 15.9 Å². The summed E-state index contributed by atoms with van der Waals surface area (Å²) in [5.41, 5.74) is 2.14. The van der Waals surface area contributed by atoms with Crippen molar-refractivity contribution in [3.05, 3.63) is 48.0 Å². The van der Waals surface area contributed by atoms with Gasteiger partial charge in [-0.05, 0) is 42.8 Å². The van der Waals surface area contributed by atoms with Crippen LogP contribution in [0.3, 0.4) is 0 Å². The number of anilines is 2. The van der Waals surface area contributed by atoms with Crippen LogP contribution in [-0.2, 0) is 14.8 Å². The Balaban J connectivity index is 2.07. The van der Waals surface area contributed by atoms with Crippen molar-refractivity contribution in [2.24, 2.45) is 0 Å². The molecule has 0 aliphatic heterocycles. The van der Waals surface area contributed by atoms with Gasteiger partial charge < -0.3 is 15.4 Å². The van der Waals surface area contributed by atoms with Gasteiger partial charge in [-0.1, -0.05) is 26.0 Å². The van der Waals surface area contributed by atoms with Crippen molar-refractivity contribution < 1.29 is 17.9 Å². The average Bonchev–Trinajstić information content (AvgIpc) is 2.67. The summed E-state index contributed by atoms with van der Waals surface area (Å²) in [5, 5.41) is 5.77. The fraction of sp³-hybridized carbons (Fsp3) is 0.350. The highest BCUT2D eigenvalue weighted by Gasteiger charge is 2.21. The van der Waals surface area contributed by atoms with E-state index in [1.54, 1.807) is 45.2 Å². The monoisotopic (exact) mass is 405 g/mol. The Hall–Kier alpha value is -2.58. The molecule has 0 bridgehead atoms. The summed E-state index contributed by atoms with van der Waals surface area (Å²) in [6.45, 7) is 6.32. The van der Waals surface area contributed by atoms with E-state index in [0.717, 1.165) is 5.56 Å². The molecule has 0 unspecified atom stereocenters. The molecule has 0 atom stereocenters. The Labute approximate surface area is 166 Å². The molecular formula is C20H27N3O4S. The molecule has 0 saturated heterocycles. The minimum absolute atomic E-state index is 0.00807. The number of benzene rings is 2. The van der Waals surface area contributed by atoms with Gasteiger partial charge in [-0.15, -0.1) is 0 Å². The van der Waals surface area contributed by atoms with Crippen molar-refractivity contribution in [1.29, 1.82) is 0 Å². The van der Waals surface area contributed by atoms with Crippen LogP contribution >= 0.6 is 0 Å². The SMILES string of the molecule is CCN(CC)S(=O)(=O)c1cccc(NCC(=O)Nc2cc(C)ccc2OC)c1. The lowest BCUT2D eigenvalue weighted by atomic mass is 10.2. The highest BCUT2D eigenvalue weighted by atomic mass is 32.2. The average molecular weight is 406 g/mol. The minimum atomic E-state index is -3.55. The number of carbonyl (C=O) groups excluding carboxylic acids is 1. The number of aryl methyl sites for hydroxylation is 1.